The van der Waals surface area contributed by atoms with Crippen molar-refractivity contribution in [3.63, 3.8) is 0 Å². The van der Waals surface area contributed by atoms with Gasteiger partial charge in [-0.3, -0.25) is 4.79 Å². The van der Waals surface area contributed by atoms with Gasteiger partial charge in [0.2, 0.25) is 5.91 Å². The molecule has 0 radical (unpaired) electrons. The third-order valence-corrected chi connectivity index (χ3v) is 5.55. The van der Waals surface area contributed by atoms with Gasteiger partial charge in [0.05, 0.1) is 38.5 Å². The first-order valence-corrected chi connectivity index (χ1v) is 10.5. The van der Waals surface area contributed by atoms with Crippen molar-refractivity contribution < 1.29 is 19.0 Å². The number of amides is 1. The zero-order chi connectivity index (χ0) is 21.5. The molecule has 7 heteroatoms. The Balaban J connectivity index is 1.68. The van der Waals surface area contributed by atoms with Crippen LogP contribution in [0.1, 0.15) is 18.2 Å². The first-order valence-electron chi connectivity index (χ1n) is 9.67. The van der Waals surface area contributed by atoms with E-state index < -0.39 is 0 Å². The minimum Gasteiger partial charge on any atom is -0.497 e. The lowest BCUT2D eigenvalue weighted by molar-refractivity contribution is -0.129. The number of para-hydroxylation sites is 1. The number of nitrogens with zero attached hydrogens (tertiary/aromatic N) is 2. The van der Waals surface area contributed by atoms with Crippen molar-refractivity contribution in [3.05, 3.63) is 59.1 Å². The van der Waals surface area contributed by atoms with E-state index in [1.807, 2.05) is 54.8 Å². The molecule has 1 aromatic heterocycles. The fraction of sp³-hybridized carbons (Fsp3) is 0.304. The van der Waals surface area contributed by atoms with Gasteiger partial charge in [-0.2, -0.15) is 0 Å². The summed E-state index contributed by atoms with van der Waals surface area (Å²) in [6.45, 7) is 2.99. The van der Waals surface area contributed by atoms with Crippen molar-refractivity contribution >= 4 is 17.2 Å². The number of benzene rings is 2. The number of aromatic nitrogens is 1. The standard InChI is InChI=1S/C23H26N2O4S/c1-5-29-20-9-7-6-8-19(20)23-24-17(15-30-23)12-22(26)25(2)14-16-10-11-18(27-3)13-21(16)28-4/h6-11,13,15H,5,12,14H2,1-4H3. The van der Waals surface area contributed by atoms with E-state index in [-0.39, 0.29) is 12.3 Å². The predicted molar refractivity (Wildman–Crippen MR) is 118 cm³/mol. The van der Waals surface area contributed by atoms with Gasteiger partial charge in [-0.25, -0.2) is 4.98 Å². The fourth-order valence-electron chi connectivity index (χ4n) is 3.05. The van der Waals surface area contributed by atoms with E-state index in [2.05, 4.69) is 4.98 Å². The minimum absolute atomic E-state index is 0.0113. The van der Waals surface area contributed by atoms with E-state index in [1.54, 1.807) is 26.2 Å². The van der Waals surface area contributed by atoms with E-state index in [0.29, 0.717) is 24.7 Å². The van der Waals surface area contributed by atoms with Gasteiger partial charge in [0.25, 0.3) is 0 Å². The third-order valence-electron chi connectivity index (χ3n) is 4.63. The Hall–Kier alpha value is -3.06. The van der Waals surface area contributed by atoms with Crippen molar-refractivity contribution in [1.29, 1.82) is 0 Å². The number of ether oxygens (including phenoxy) is 3. The van der Waals surface area contributed by atoms with Crippen LogP contribution in [-0.2, 0) is 17.8 Å². The minimum atomic E-state index is -0.0113. The van der Waals surface area contributed by atoms with Crippen molar-refractivity contribution in [3.8, 4) is 27.8 Å². The molecule has 0 unspecified atom stereocenters. The first-order chi connectivity index (χ1) is 14.5. The van der Waals surface area contributed by atoms with Crippen LogP contribution in [0.5, 0.6) is 17.2 Å². The number of carbonyl (C=O) groups is 1. The van der Waals surface area contributed by atoms with E-state index in [9.17, 15) is 4.79 Å². The van der Waals surface area contributed by atoms with Gasteiger partial charge >= 0.3 is 0 Å². The molecule has 2 aromatic carbocycles. The van der Waals surface area contributed by atoms with Crippen LogP contribution in [0.3, 0.4) is 0 Å². The zero-order valence-electron chi connectivity index (χ0n) is 17.7. The Morgan fingerprint density at radius 1 is 1.10 bits per heavy atom. The smallest absolute Gasteiger partial charge is 0.228 e. The summed E-state index contributed by atoms with van der Waals surface area (Å²) < 4.78 is 16.4. The Morgan fingerprint density at radius 3 is 2.63 bits per heavy atom. The maximum atomic E-state index is 12.8. The summed E-state index contributed by atoms with van der Waals surface area (Å²) >= 11 is 1.51. The van der Waals surface area contributed by atoms with Gasteiger partial charge in [-0.15, -0.1) is 11.3 Å². The van der Waals surface area contributed by atoms with Gasteiger partial charge in [0.1, 0.15) is 22.3 Å². The highest BCUT2D eigenvalue weighted by Crippen LogP contribution is 2.32. The SMILES string of the molecule is CCOc1ccccc1-c1nc(CC(=O)N(C)Cc2ccc(OC)cc2OC)cs1. The average Bonchev–Trinajstić information content (AvgIpc) is 3.22. The summed E-state index contributed by atoms with van der Waals surface area (Å²) in [4.78, 5) is 19.1. The van der Waals surface area contributed by atoms with Crippen molar-refractivity contribution in [2.45, 2.75) is 19.9 Å². The van der Waals surface area contributed by atoms with E-state index in [4.69, 9.17) is 14.2 Å². The van der Waals surface area contributed by atoms with Gasteiger partial charge in [0, 0.05) is 30.6 Å². The average molecular weight is 427 g/mol. The van der Waals surface area contributed by atoms with Crippen LogP contribution in [-0.4, -0.2) is 43.7 Å². The molecular weight excluding hydrogens is 400 g/mol. The summed E-state index contributed by atoms with van der Waals surface area (Å²) in [6.07, 6.45) is 0.238. The Kier molecular flexibility index (Phi) is 7.30. The number of hydrogen-bond donors (Lipinski definition) is 0. The summed E-state index contributed by atoms with van der Waals surface area (Å²) in [6, 6.07) is 13.4. The molecule has 6 nitrogen and oxygen atoms in total. The van der Waals surface area contributed by atoms with Crippen LogP contribution in [0.25, 0.3) is 10.6 Å². The molecule has 0 aliphatic carbocycles. The lowest BCUT2D eigenvalue weighted by atomic mass is 10.1. The third kappa shape index (κ3) is 5.10. The molecule has 1 amide bonds. The fourth-order valence-corrected chi connectivity index (χ4v) is 3.90. The highest BCUT2D eigenvalue weighted by Gasteiger charge is 2.16. The monoisotopic (exact) mass is 426 g/mol. The molecule has 3 rings (SSSR count). The molecule has 1 heterocycles. The molecule has 0 N–H and O–H groups in total. The second-order valence-corrected chi connectivity index (χ2v) is 7.54. The number of methoxy groups -OCH3 is 2. The molecule has 0 saturated carbocycles. The van der Waals surface area contributed by atoms with E-state index in [0.717, 1.165) is 27.6 Å². The number of likely N-dealkylation sites (N-methyl/N-ethyl adjacent to an activating group) is 1. The Morgan fingerprint density at radius 2 is 1.90 bits per heavy atom. The van der Waals surface area contributed by atoms with Crippen LogP contribution in [0.4, 0.5) is 0 Å². The summed E-state index contributed by atoms with van der Waals surface area (Å²) in [5.74, 6) is 2.20. The van der Waals surface area contributed by atoms with Crippen LogP contribution >= 0.6 is 11.3 Å². The highest BCUT2D eigenvalue weighted by atomic mass is 32.1. The maximum absolute atomic E-state index is 12.8. The molecule has 0 saturated heterocycles. The molecule has 0 bridgehead atoms. The van der Waals surface area contributed by atoms with Gasteiger partial charge in [-0.1, -0.05) is 12.1 Å². The molecule has 0 atom stereocenters. The molecule has 0 spiro atoms. The quantitative estimate of drug-likeness (QED) is 0.507. The summed E-state index contributed by atoms with van der Waals surface area (Å²) in [5, 5.41) is 2.78. The molecule has 158 valence electrons. The van der Waals surface area contributed by atoms with Crippen molar-refractivity contribution in [2.75, 3.05) is 27.9 Å². The van der Waals surface area contributed by atoms with Gasteiger partial charge in [-0.05, 0) is 31.2 Å². The molecule has 0 aliphatic heterocycles. The largest absolute Gasteiger partial charge is 0.497 e. The number of rotatable bonds is 9. The van der Waals surface area contributed by atoms with Gasteiger partial charge < -0.3 is 19.1 Å². The van der Waals surface area contributed by atoms with E-state index >= 15 is 0 Å². The summed E-state index contributed by atoms with van der Waals surface area (Å²) in [7, 11) is 5.00. The number of carbonyl (C=O) groups excluding carboxylic acids is 1. The number of thiazole rings is 1. The van der Waals surface area contributed by atoms with Gasteiger partial charge in [0.15, 0.2) is 0 Å². The van der Waals surface area contributed by atoms with Crippen molar-refractivity contribution in [1.82, 2.24) is 9.88 Å². The zero-order valence-corrected chi connectivity index (χ0v) is 18.5. The molecule has 0 fully saturated rings. The lowest BCUT2D eigenvalue weighted by Crippen LogP contribution is -2.28. The first kappa shape index (κ1) is 21.6. The normalized spacial score (nSPS) is 10.5. The Labute approximate surface area is 181 Å². The van der Waals surface area contributed by atoms with E-state index in [1.165, 1.54) is 11.3 Å². The van der Waals surface area contributed by atoms with Crippen LogP contribution in [0, 0.1) is 0 Å². The van der Waals surface area contributed by atoms with Crippen LogP contribution < -0.4 is 14.2 Å². The van der Waals surface area contributed by atoms with Crippen LogP contribution in [0.15, 0.2) is 47.8 Å². The molecule has 0 aliphatic rings. The molecule has 3 aromatic rings. The Bertz CT molecular complexity index is 1000. The van der Waals surface area contributed by atoms with Crippen molar-refractivity contribution in [2.24, 2.45) is 0 Å². The molecular formula is C23H26N2O4S. The predicted octanol–water partition coefficient (Wildman–Crippen LogP) is 4.43. The lowest BCUT2D eigenvalue weighted by Gasteiger charge is -2.19. The topological polar surface area (TPSA) is 60.9 Å². The second-order valence-electron chi connectivity index (χ2n) is 6.68. The second kappa shape index (κ2) is 10.1. The number of hydrogen-bond acceptors (Lipinski definition) is 6. The van der Waals surface area contributed by atoms with Crippen LogP contribution in [0.2, 0.25) is 0 Å². The highest BCUT2D eigenvalue weighted by molar-refractivity contribution is 7.13. The maximum Gasteiger partial charge on any atom is 0.228 e. The summed E-state index contributed by atoms with van der Waals surface area (Å²) in [5.41, 5.74) is 2.61. The molecule has 30 heavy (non-hydrogen) atoms.